The van der Waals surface area contributed by atoms with Crippen molar-refractivity contribution in [2.75, 3.05) is 20.0 Å². The van der Waals surface area contributed by atoms with Crippen molar-refractivity contribution < 1.29 is 14.2 Å². The number of halogens is 1. The second kappa shape index (κ2) is 5.75. The lowest BCUT2D eigenvalue weighted by molar-refractivity contribution is 0.341. The molecule has 2 aromatic rings. The molecule has 0 atom stereocenters. The van der Waals surface area contributed by atoms with Crippen LogP contribution in [0.2, 0.25) is 0 Å². The van der Waals surface area contributed by atoms with E-state index in [1.165, 1.54) is 6.20 Å². The fourth-order valence-electron chi connectivity index (χ4n) is 1.45. The van der Waals surface area contributed by atoms with Gasteiger partial charge >= 0.3 is 0 Å². The Hall–Kier alpha value is -2.02. The number of nitrogen functional groups attached to an aromatic ring is 1. The monoisotopic (exact) mass is 325 g/mol. The van der Waals surface area contributed by atoms with E-state index >= 15 is 0 Å². The second-order valence-corrected chi connectivity index (χ2v) is 4.33. The minimum atomic E-state index is 0.118. The molecule has 100 valence electrons. The predicted molar refractivity (Wildman–Crippen MR) is 73.8 cm³/mol. The van der Waals surface area contributed by atoms with Gasteiger partial charge in [-0.1, -0.05) is 6.07 Å². The highest BCUT2D eigenvalue weighted by molar-refractivity contribution is 9.10. The molecule has 0 saturated heterocycles. The van der Waals surface area contributed by atoms with Gasteiger partial charge in [-0.15, -0.1) is 0 Å². The molecule has 1 aromatic carbocycles. The second-order valence-electron chi connectivity index (χ2n) is 3.48. The van der Waals surface area contributed by atoms with E-state index in [1.54, 1.807) is 32.4 Å². The molecule has 0 saturated carbocycles. The number of hydrogen-bond donors (Lipinski definition) is 1. The first-order chi connectivity index (χ1) is 9.15. The van der Waals surface area contributed by atoms with E-state index in [2.05, 4.69) is 25.9 Å². The first-order valence-corrected chi connectivity index (χ1v) is 6.12. The van der Waals surface area contributed by atoms with E-state index < -0.39 is 0 Å². The predicted octanol–water partition coefficient (Wildman–Crippen LogP) is 2.63. The van der Waals surface area contributed by atoms with Crippen molar-refractivity contribution in [3.63, 3.8) is 0 Å². The minimum absolute atomic E-state index is 0.118. The van der Waals surface area contributed by atoms with Gasteiger partial charge in [0, 0.05) is 0 Å². The lowest BCUT2D eigenvalue weighted by Crippen LogP contribution is -1.99. The van der Waals surface area contributed by atoms with Crippen molar-refractivity contribution in [1.29, 1.82) is 0 Å². The number of methoxy groups -OCH3 is 2. The lowest BCUT2D eigenvalue weighted by atomic mass is 10.3. The summed E-state index contributed by atoms with van der Waals surface area (Å²) < 4.78 is 16.8. The summed E-state index contributed by atoms with van der Waals surface area (Å²) in [7, 11) is 3.09. The molecule has 0 radical (unpaired) electrons. The van der Waals surface area contributed by atoms with E-state index in [0.29, 0.717) is 21.7 Å². The third kappa shape index (κ3) is 2.87. The van der Waals surface area contributed by atoms with Crippen LogP contribution in [-0.2, 0) is 0 Å². The number of nitrogens with two attached hydrogens (primary N) is 1. The summed E-state index contributed by atoms with van der Waals surface area (Å²) in [5.74, 6) is 1.89. The number of aromatic nitrogens is 2. The maximum Gasteiger partial charge on any atom is 0.238 e. The van der Waals surface area contributed by atoms with Gasteiger partial charge in [0.25, 0.3) is 0 Å². The van der Waals surface area contributed by atoms with Crippen LogP contribution in [0.15, 0.2) is 28.9 Å². The smallest absolute Gasteiger partial charge is 0.238 e. The molecule has 0 fully saturated rings. The molecular weight excluding hydrogens is 314 g/mol. The number of anilines is 1. The normalized spacial score (nSPS) is 10.1. The number of hydrogen-bond acceptors (Lipinski definition) is 6. The average Bonchev–Trinajstić information content (AvgIpc) is 2.43. The Kier molecular flexibility index (Phi) is 4.06. The molecule has 0 amide bonds. The number of nitrogens with zero attached hydrogens (tertiary/aromatic N) is 2. The summed E-state index contributed by atoms with van der Waals surface area (Å²) in [5.41, 5.74) is 5.54. The summed E-state index contributed by atoms with van der Waals surface area (Å²) in [6.07, 6.45) is 1.51. The molecule has 0 spiro atoms. The number of benzene rings is 1. The van der Waals surface area contributed by atoms with Gasteiger partial charge in [-0.3, -0.25) is 0 Å². The zero-order valence-corrected chi connectivity index (χ0v) is 12.0. The summed E-state index contributed by atoms with van der Waals surface area (Å²) in [5, 5.41) is 0. The topological polar surface area (TPSA) is 79.5 Å². The van der Waals surface area contributed by atoms with Gasteiger partial charge in [0.05, 0.1) is 24.9 Å². The minimum Gasteiger partial charge on any atom is -0.493 e. The molecule has 0 bridgehead atoms. The average molecular weight is 326 g/mol. The van der Waals surface area contributed by atoms with Gasteiger partial charge in [0.15, 0.2) is 11.5 Å². The molecule has 0 aliphatic carbocycles. The molecule has 6 nitrogen and oxygen atoms in total. The van der Waals surface area contributed by atoms with Crippen LogP contribution in [0.5, 0.6) is 23.1 Å². The molecular formula is C12H12BrN3O3. The van der Waals surface area contributed by atoms with Crippen molar-refractivity contribution in [1.82, 2.24) is 9.97 Å². The molecule has 0 unspecified atom stereocenters. The zero-order chi connectivity index (χ0) is 13.8. The maximum atomic E-state index is 5.71. The Morgan fingerprint density at radius 3 is 2.37 bits per heavy atom. The van der Waals surface area contributed by atoms with Crippen molar-refractivity contribution in [3.05, 3.63) is 28.9 Å². The molecule has 2 N–H and O–H groups in total. The molecule has 1 heterocycles. The Balaban J connectivity index is 2.45. The van der Waals surface area contributed by atoms with Gasteiger partial charge in [-0.25, -0.2) is 4.98 Å². The molecule has 2 rings (SSSR count). The van der Waals surface area contributed by atoms with Crippen LogP contribution in [0.3, 0.4) is 0 Å². The SMILES string of the molecule is COc1cccc(OC)c1Oc1nc(N)ncc1Br. The van der Waals surface area contributed by atoms with Crippen LogP contribution < -0.4 is 19.9 Å². The van der Waals surface area contributed by atoms with Gasteiger partial charge < -0.3 is 19.9 Å². The zero-order valence-electron chi connectivity index (χ0n) is 10.4. The van der Waals surface area contributed by atoms with Crippen LogP contribution in [-0.4, -0.2) is 24.2 Å². The number of rotatable bonds is 4. The standard InChI is InChI=1S/C12H12BrN3O3/c1-17-8-4-3-5-9(18-2)10(8)19-11-7(13)6-15-12(14)16-11/h3-6H,1-2H3,(H2,14,15,16). The van der Waals surface area contributed by atoms with Crippen LogP contribution in [0.4, 0.5) is 5.95 Å². The van der Waals surface area contributed by atoms with Crippen LogP contribution in [0, 0.1) is 0 Å². The first kappa shape index (κ1) is 13.4. The first-order valence-electron chi connectivity index (χ1n) is 5.32. The Bertz CT molecular complexity index is 570. The quantitative estimate of drug-likeness (QED) is 0.930. The summed E-state index contributed by atoms with van der Waals surface area (Å²) in [4.78, 5) is 7.85. The van der Waals surface area contributed by atoms with E-state index in [0.717, 1.165) is 0 Å². The fraction of sp³-hybridized carbons (Fsp3) is 0.167. The van der Waals surface area contributed by atoms with Gasteiger partial charge in [0.1, 0.15) is 0 Å². The highest BCUT2D eigenvalue weighted by atomic mass is 79.9. The maximum absolute atomic E-state index is 5.71. The van der Waals surface area contributed by atoms with Crippen LogP contribution in [0.25, 0.3) is 0 Å². The van der Waals surface area contributed by atoms with E-state index in [-0.39, 0.29) is 11.8 Å². The lowest BCUT2D eigenvalue weighted by Gasteiger charge is -2.13. The van der Waals surface area contributed by atoms with Gasteiger partial charge in [0.2, 0.25) is 17.6 Å². The molecule has 7 heteroatoms. The summed E-state index contributed by atoms with van der Waals surface area (Å²) >= 11 is 3.29. The van der Waals surface area contributed by atoms with Crippen molar-refractivity contribution in [3.8, 4) is 23.1 Å². The summed E-state index contributed by atoms with van der Waals surface area (Å²) in [6, 6.07) is 5.32. The highest BCUT2D eigenvalue weighted by Crippen LogP contribution is 2.40. The van der Waals surface area contributed by atoms with Crippen LogP contribution in [0.1, 0.15) is 0 Å². The molecule has 19 heavy (non-hydrogen) atoms. The van der Waals surface area contributed by atoms with Gasteiger partial charge in [-0.2, -0.15) is 4.98 Å². The molecule has 1 aromatic heterocycles. The van der Waals surface area contributed by atoms with Crippen molar-refractivity contribution >= 4 is 21.9 Å². The summed E-state index contributed by atoms with van der Waals surface area (Å²) in [6.45, 7) is 0. The largest absolute Gasteiger partial charge is 0.493 e. The van der Waals surface area contributed by atoms with Crippen LogP contribution >= 0.6 is 15.9 Å². The Morgan fingerprint density at radius 2 is 1.79 bits per heavy atom. The third-order valence-corrected chi connectivity index (χ3v) is 2.86. The van der Waals surface area contributed by atoms with E-state index in [4.69, 9.17) is 19.9 Å². The number of ether oxygens (including phenoxy) is 3. The Morgan fingerprint density at radius 1 is 1.16 bits per heavy atom. The van der Waals surface area contributed by atoms with Crippen molar-refractivity contribution in [2.45, 2.75) is 0 Å². The highest BCUT2D eigenvalue weighted by Gasteiger charge is 2.15. The Labute approximate surface area is 118 Å². The third-order valence-electron chi connectivity index (χ3n) is 2.31. The molecule has 0 aliphatic rings. The van der Waals surface area contributed by atoms with Gasteiger partial charge in [-0.05, 0) is 28.1 Å². The van der Waals surface area contributed by atoms with E-state index in [9.17, 15) is 0 Å². The van der Waals surface area contributed by atoms with Crippen molar-refractivity contribution in [2.24, 2.45) is 0 Å². The molecule has 0 aliphatic heterocycles. The van der Waals surface area contributed by atoms with E-state index in [1.807, 2.05) is 0 Å². The number of para-hydroxylation sites is 1. The fourth-order valence-corrected chi connectivity index (χ4v) is 1.72.